The molecule has 4 nitrogen and oxygen atoms in total. The summed E-state index contributed by atoms with van der Waals surface area (Å²) in [5, 5.41) is 0. The van der Waals surface area contributed by atoms with Gasteiger partial charge in [0.1, 0.15) is 5.69 Å². The Hall–Kier alpha value is -1.29. The van der Waals surface area contributed by atoms with Crippen molar-refractivity contribution >= 4 is 17.5 Å². The highest BCUT2D eigenvalue weighted by Gasteiger charge is 2.27. The molecule has 0 radical (unpaired) electrons. The molecule has 1 fully saturated rings. The first-order valence-corrected chi connectivity index (χ1v) is 6.82. The largest absolute Gasteiger partial charge is 0.333 e. The van der Waals surface area contributed by atoms with Gasteiger partial charge in [0, 0.05) is 24.5 Å². The van der Waals surface area contributed by atoms with Gasteiger partial charge in [0.05, 0.1) is 0 Å². The van der Waals surface area contributed by atoms with Crippen LogP contribution in [0, 0.1) is 0 Å². The lowest BCUT2D eigenvalue weighted by molar-refractivity contribution is 0.0688. The second-order valence-electron chi connectivity index (χ2n) is 4.55. The normalized spacial score (nSPS) is 15.8. The van der Waals surface area contributed by atoms with E-state index in [1.54, 1.807) is 17.0 Å². The van der Waals surface area contributed by atoms with E-state index in [4.69, 9.17) is 11.6 Å². The Bertz CT molecular complexity index is 466. The average molecular weight is 269 g/mol. The fraction of sp³-hybridized carbons (Fsp3) is 0.538. The number of halogens is 1. The van der Waals surface area contributed by atoms with Crippen molar-refractivity contribution in [3.8, 4) is 0 Å². The van der Waals surface area contributed by atoms with Crippen LogP contribution in [0.4, 0.5) is 0 Å². The van der Waals surface area contributed by atoms with E-state index in [2.05, 4.69) is 4.98 Å². The van der Waals surface area contributed by atoms with Crippen LogP contribution in [0.2, 0.25) is 0 Å². The number of H-pyrrole nitrogens is 1. The standard InChI is InChI=1S/C13H17ClN2O2/c14-8-9-16(10-4-1-2-5-10)13(18)11-6-3-7-12(17)15-11/h3,6-7,10H,1-2,4-5,8-9H2,(H,15,17). The molecular weight excluding hydrogens is 252 g/mol. The van der Waals surface area contributed by atoms with Crippen LogP contribution in [-0.2, 0) is 0 Å². The third-order valence-corrected chi connectivity index (χ3v) is 3.52. The van der Waals surface area contributed by atoms with Gasteiger partial charge < -0.3 is 9.88 Å². The summed E-state index contributed by atoms with van der Waals surface area (Å²) in [7, 11) is 0. The fourth-order valence-corrected chi connectivity index (χ4v) is 2.67. The highest BCUT2D eigenvalue weighted by molar-refractivity contribution is 6.18. The number of carbonyl (C=O) groups is 1. The second-order valence-corrected chi connectivity index (χ2v) is 4.93. The number of hydrogen-bond donors (Lipinski definition) is 1. The van der Waals surface area contributed by atoms with Gasteiger partial charge in [-0.05, 0) is 18.9 Å². The zero-order valence-electron chi connectivity index (χ0n) is 10.2. The molecule has 0 atom stereocenters. The predicted molar refractivity (Wildman–Crippen MR) is 71.1 cm³/mol. The summed E-state index contributed by atoms with van der Waals surface area (Å²) in [5.41, 5.74) is 0.0950. The topological polar surface area (TPSA) is 53.2 Å². The Morgan fingerprint density at radius 1 is 1.39 bits per heavy atom. The summed E-state index contributed by atoms with van der Waals surface area (Å²) in [5.74, 6) is 0.291. The molecule has 1 aromatic rings. The van der Waals surface area contributed by atoms with Gasteiger partial charge in [-0.1, -0.05) is 18.9 Å². The molecule has 0 bridgehead atoms. The van der Waals surface area contributed by atoms with Crippen LogP contribution >= 0.6 is 11.6 Å². The molecule has 1 N–H and O–H groups in total. The zero-order valence-corrected chi connectivity index (χ0v) is 10.9. The molecule has 0 unspecified atom stereocenters. The van der Waals surface area contributed by atoms with Crippen molar-refractivity contribution in [2.75, 3.05) is 12.4 Å². The first kappa shape index (κ1) is 13.1. The zero-order chi connectivity index (χ0) is 13.0. The van der Waals surface area contributed by atoms with Gasteiger partial charge >= 0.3 is 0 Å². The Morgan fingerprint density at radius 3 is 2.72 bits per heavy atom. The fourth-order valence-electron chi connectivity index (χ4n) is 2.48. The van der Waals surface area contributed by atoms with Gasteiger partial charge in [-0.2, -0.15) is 0 Å². The molecule has 1 aliphatic carbocycles. The van der Waals surface area contributed by atoms with Crippen molar-refractivity contribution in [1.29, 1.82) is 0 Å². The van der Waals surface area contributed by atoms with Crippen LogP contribution in [0.1, 0.15) is 36.2 Å². The monoisotopic (exact) mass is 268 g/mol. The molecule has 1 heterocycles. The molecule has 0 aromatic carbocycles. The Labute approximate surface area is 111 Å². The minimum atomic E-state index is -0.252. The van der Waals surface area contributed by atoms with E-state index in [1.165, 1.54) is 6.07 Å². The smallest absolute Gasteiger partial charge is 0.270 e. The second kappa shape index (κ2) is 6.05. The highest BCUT2D eigenvalue weighted by atomic mass is 35.5. The SMILES string of the molecule is O=C(c1cccc(=O)[nH]1)N(CCCl)C1CCCC1. The lowest BCUT2D eigenvalue weighted by Gasteiger charge is -2.28. The van der Waals surface area contributed by atoms with Crippen LogP contribution in [0.25, 0.3) is 0 Å². The van der Waals surface area contributed by atoms with Gasteiger partial charge in [0.15, 0.2) is 0 Å². The molecule has 0 spiro atoms. The molecule has 0 saturated heterocycles. The van der Waals surface area contributed by atoms with Crippen LogP contribution in [0.15, 0.2) is 23.0 Å². The molecule has 2 rings (SSSR count). The first-order valence-electron chi connectivity index (χ1n) is 6.28. The minimum absolute atomic E-state index is 0.125. The van der Waals surface area contributed by atoms with Crippen LogP contribution < -0.4 is 5.56 Å². The minimum Gasteiger partial charge on any atom is -0.333 e. The van der Waals surface area contributed by atoms with Gasteiger partial charge in [-0.25, -0.2) is 0 Å². The lowest BCUT2D eigenvalue weighted by atomic mass is 10.2. The number of nitrogens with zero attached hydrogens (tertiary/aromatic N) is 1. The number of alkyl halides is 1. The summed E-state index contributed by atoms with van der Waals surface area (Å²) in [6, 6.07) is 4.90. The average Bonchev–Trinajstić information content (AvgIpc) is 2.89. The maximum absolute atomic E-state index is 12.4. The predicted octanol–water partition coefficient (Wildman–Crippen LogP) is 2.00. The van der Waals surface area contributed by atoms with Crippen molar-refractivity contribution < 1.29 is 4.79 Å². The Kier molecular flexibility index (Phi) is 4.42. The number of aromatic amines is 1. The number of hydrogen-bond acceptors (Lipinski definition) is 2. The van der Waals surface area contributed by atoms with Crippen molar-refractivity contribution in [2.24, 2.45) is 0 Å². The molecule has 18 heavy (non-hydrogen) atoms. The Balaban J connectivity index is 2.19. The third kappa shape index (κ3) is 2.93. The molecule has 1 amide bonds. The van der Waals surface area contributed by atoms with E-state index >= 15 is 0 Å². The summed E-state index contributed by atoms with van der Waals surface area (Å²) in [6.07, 6.45) is 4.36. The van der Waals surface area contributed by atoms with Gasteiger partial charge in [-0.3, -0.25) is 9.59 Å². The molecule has 5 heteroatoms. The van der Waals surface area contributed by atoms with Crippen molar-refractivity contribution in [2.45, 2.75) is 31.7 Å². The third-order valence-electron chi connectivity index (χ3n) is 3.35. The Morgan fingerprint density at radius 2 is 2.11 bits per heavy atom. The van der Waals surface area contributed by atoms with E-state index < -0.39 is 0 Å². The molecule has 1 saturated carbocycles. The van der Waals surface area contributed by atoms with Crippen LogP contribution in [0.5, 0.6) is 0 Å². The first-order chi connectivity index (χ1) is 8.72. The maximum Gasteiger partial charge on any atom is 0.270 e. The number of aromatic nitrogens is 1. The molecule has 98 valence electrons. The molecular formula is C13H17ClN2O2. The maximum atomic E-state index is 12.4. The lowest BCUT2D eigenvalue weighted by Crippen LogP contribution is -2.41. The quantitative estimate of drug-likeness (QED) is 0.849. The number of nitrogens with one attached hydrogen (secondary N) is 1. The van der Waals surface area contributed by atoms with Crippen molar-refractivity contribution in [1.82, 2.24) is 9.88 Å². The van der Waals surface area contributed by atoms with Crippen LogP contribution in [0.3, 0.4) is 0 Å². The summed E-state index contributed by atoms with van der Waals surface area (Å²) < 4.78 is 0. The summed E-state index contributed by atoms with van der Waals surface area (Å²) >= 11 is 5.77. The number of pyridine rings is 1. The van der Waals surface area contributed by atoms with Gasteiger partial charge in [0.25, 0.3) is 5.91 Å². The van der Waals surface area contributed by atoms with E-state index in [0.29, 0.717) is 18.1 Å². The molecule has 0 aliphatic heterocycles. The number of amides is 1. The van der Waals surface area contributed by atoms with E-state index in [9.17, 15) is 9.59 Å². The van der Waals surface area contributed by atoms with Gasteiger partial charge in [-0.15, -0.1) is 11.6 Å². The van der Waals surface area contributed by atoms with Crippen LogP contribution in [-0.4, -0.2) is 34.3 Å². The number of carbonyl (C=O) groups excluding carboxylic acids is 1. The highest BCUT2D eigenvalue weighted by Crippen LogP contribution is 2.24. The molecule has 1 aromatic heterocycles. The van der Waals surface area contributed by atoms with E-state index in [0.717, 1.165) is 25.7 Å². The molecule has 1 aliphatic rings. The summed E-state index contributed by atoms with van der Waals surface area (Å²) in [4.78, 5) is 28.0. The van der Waals surface area contributed by atoms with Crippen molar-refractivity contribution in [3.05, 3.63) is 34.2 Å². The number of rotatable bonds is 4. The van der Waals surface area contributed by atoms with E-state index in [-0.39, 0.29) is 17.5 Å². The van der Waals surface area contributed by atoms with E-state index in [1.807, 2.05) is 0 Å². The van der Waals surface area contributed by atoms with Crippen molar-refractivity contribution in [3.63, 3.8) is 0 Å². The summed E-state index contributed by atoms with van der Waals surface area (Å²) in [6.45, 7) is 0.530. The van der Waals surface area contributed by atoms with Gasteiger partial charge in [0.2, 0.25) is 5.56 Å².